The van der Waals surface area contributed by atoms with E-state index >= 15 is 0 Å². The normalized spacial score (nSPS) is 27.3. The predicted octanol–water partition coefficient (Wildman–Crippen LogP) is 5.49. The van der Waals surface area contributed by atoms with Crippen molar-refractivity contribution in [2.75, 3.05) is 6.54 Å². The number of hydrogen-bond acceptors (Lipinski definition) is 2. The molecule has 2 aliphatic rings. The van der Waals surface area contributed by atoms with Crippen LogP contribution in [0.25, 0.3) is 0 Å². The molecule has 0 saturated heterocycles. The lowest BCUT2D eigenvalue weighted by Crippen LogP contribution is -2.23. The maximum absolute atomic E-state index is 3.78. The summed E-state index contributed by atoms with van der Waals surface area (Å²) in [5, 5.41) is 3.78. The van der Waals surface area contributed by atoms with Crippen LogP contribution in [-0.4, -0.2) is 6.54 Å². The number of hydrogen-bond donors (Lipinski definition) is 1. The van der Waals surface area contributed by atoms with Gasteiger partial charge >= 0.3 is 0 Å². The average molecular weight is 306 g/mol. The van der Waals surface area contributed by atoms with E-state index in [9.17, 15) is 0 Å². The van der Waals surface area contributed by atoms with Gasteiger partial charge in [0.25, 0.3) is 0 Å². The second-order valence-corrected chi connectivity index (χ2v) is 8.56. The molecule has 1 heterocycles. The first kappa shape index (κ1) is 15.6. The van der Waals surface area contributed by atoms with Crippen LogP contribution < -0.4 is 5.32 Å². The van der Waals surface area contributed by atoms with Crippen LogP contribution in [-0.2, 0) is 12.8 Å². The van der Waals surface area contributed by atoms with E-state index in [1.165, 1.54) is 64.3 Å². The van der Waals surface area contributed by atoms with Gasteiger partial charge in [-0.1, -0.05) is 32.6 Å². The third-order valence-corrected chi connectivity index (χ3v) is 7.00. The second-order valence-electron chi connectivity index (χ2n) is 7.39. The predicted molar refractivity (Wildman–Crippen MR) is 93.1 cm³/mol. The summed E-state index contributed by atoms with van der Waals surface area (Å²) in [5.74, 6) is 1.96. The van der Waals surface area contributed by atoms with Crippen LogP contribution >= 0.6 is 11.3 Å². The molecule has 3 rings (SSSR count). The third kappa shape index (κ3) is 4.10. The summed E-state index contributed by atoms with van der Waals surface area (Å²) in [4.78, 5) is 3.24. The molecule has 1 aromatic heterocycles. The lowest BCUT2D eigenvalue weighted by molar-refractivity contribution is 0.273. The number of fused-ring (bicyclic) bond motifs is 1. The van der Waals surface area contributed by atoms with E-state index in [1.807, 2.05) is 0 Å². The van der Waals surface area contributed by atoms with Crippen molar-refractivity contribution in [3.05, 3.63) is 21.4 Å². The molecule has 0 spiro atoms. The first-order chi connectivity index (χ1) is 10.2. The van der Waals surface area contributed by atoms with Crippen LogP contribution in [0.1, 0.15) is 80.2 Å². The highest BCUT2D eigenvalue weighted by Gasteiger charge is 2.19. The average Bonchev–Trinajstić information content (AvgIpc) is 2.93. The molecule has 0 bridgehead atoms. The van der Waals surface area contributed by atoms with Gasteiger partial charge in [0.05, 0.1) is 0 Å². The van der Waals surface area contributed by atoms with Gasteiger partial charge < -0.3 is 5.32 Å². The highest BCUT2D eigenvalue weighted by Crippen LogP contribution is 2.33. The maximum Gasteiger partial charge on any atom is 0.0386 e. The Morgan fingerprint density at radius 3 is 2.71 bits per heavy atom. The molecule has 118 valence electrons. The Kier molecular flexibility index (Phi) is 5.39. The largest absolute Gasteiger partial charge is 0.309 e. The van der Waals surface area contributed by atoms with Gasteiger partial charge in [0.2, 0.25) is 0 Å². The fourth-order valence-corrected chi connectivity index (χ4v) is 5.23. The van der Waals surface area contributed by atoms with Crippen molar-refractivity contribution in [3.8, 4) is 0 Å². The first-order valence-electron chi connectivity index (χ1n) is 9.07. The van der Waals surface area contributed by atoms with Crippen molar-refractivity contribution < 1.29 is 0 Å². The third-order valence-electron chi connectivity index (χ3n) is 5.58. The van der Waals surface area contributed by atoms with Crippen LogP contribution in [0.4, 0.5) is 0 Å². The van der Waals surface area contributed by atoms with Crippen molar-refractivity contribution in [3.63, 3.8) is 0 Å². The van der Waals surface area contributed by atoms with E-state index in [0.29, 0.717) is 6.04 Å². The molecule has 1 atom stereocenters. The first-order valence-corrected chi connectivity index (χ1v) is 9.89. The Bertz CT molecular complexity index is 419. The molecule has 1 saturated carbocycles. The Morgan fingerprint density at radius 1 is 1.19 bits per heavy atom. The van der Waals surface area contributed by atoms with Crippen molar-refractivity contribution in [2.45, 2.75) is 77.7 Å². The van der Waals surface area contributed by atoms with E-state index < -0.39 is 0 Å². The monoisotopic (exact) mass is 305 g/mol. The standard InChI is InChI=1S/C19H31NS/c1-14-7-9-16(10-8-14)11-12-20-15(2)19-13-17-5-3-4-6-18(17)21-19/h13-16,20H,3-12H2,1-2H3. The molecule has 2 aliphatic carbocycles. The van der Waals surface area contributed by atoms with E-state index in [-0.39, 0.29) is 0 Å². The van der Waals surface area contributed by atoms with E-state index in [4.69, 9.17) is 0 Å². The molecule has 1 N–H and O–H groups in total. The van der Waals surface area contributed by atoms with Crippen molar-refractivity contribution in [1.29, 1.82) is 0 Å². The maximum atomic E-state index is 3.78. The molecule has 1 unspecified atom stereocenters. The SMILES string of the molecule is CC1CCC(CCNC(C)c2cc3c(s2)CCCC3)CC1. The molecule has 0 radical (unpaired) electrons. The Balaban J connectivity index is 1.43. The van der Waals surface area contributed by atoms with Crippen LogP contribution in [0, 0.1) is 11.8 Å². The van der Waals surface area contributed by atoms with Gasteiger partial charge in [-0.3, -0.25) is 0 Å². The van der Waals surface area contributed by atoms with E-state index in [2.05, 4.69) is 36.6 Å². The lowest BCUT2D eigenvalue weighted by atomic mass is 9.81. The van der Waals surface area contributed by atoms with Crippen molar-refractivity contribution >= 4 is 11.3 Å². The molecule has 0 aromatic carbocycles. The molecular weight excluding hydrogens is 274 g/mol. The minimum Gasteiger partial charge on any atom is -0.309 e. The van der Waals surface area contributed by atoms with Crippen LogP contribution in [0.2, 0.25) is 0 Å². The second kappa shape index (κ2) is 7.28. The van der Waals surface area contributed by atoms with Crippen LogP contribution in [0.15, 0.2) is 6.07 Å². The summed E-state index contributed by atoms with van der Waals surface area (Å²) < 4.78 is 0. The lowest BCUT2D eigenvalue weighted by Gasteiger charge is -2.26. The van der Waals surface area contributed by atoms with Crippen LogP contribution in [0.3, 0.4) is 0 Å². The topological polar surface area (TPSA) is 12.0 Å². The molecule has 0 amide bonds. The number of aryl methyl sites for hydroxylation is 2. The van der Waals surface area contributed by atoms with Gasteiger partial charge in [0.15, 0.2) is 0 Å². The fraction of sp³-hybridized carbons (Fsp3) is 0.789. The van der Waals surface area contributed by atoms with Gasteiger partial charge in [-0.2, -0.15) is 0 Å². The summed E-state index contributed by atoms with van der Waals surface area (Å²) >= 11 is 2.07. The quantitative estimate of drug-likeness (QED) is 0.758. The zero-order chi connectivity index (χ0) is 14.7. The van der Waals surface area contributed by atoms with Crippen molar-refractivity contribution in [1.82, 2.24) is 5.32 Å². The van der Waals surface area contributed by atoms with E-state index in [0.717, 1.165) is 11.8 Å². The smallest absolute Gasteiger partial charge is 0.0386 e. The number of thiophene rings is 1. The summed E-state index contributed by atoms with van der Waals surface area (Å²) in [7, 11) is 0. The van der Waals surface area contributed by atoms with E-state index in [1.54, 1.807) is 15.3 Å². The Morgan fingerprint density at radius 2 is 1.95 bits per heavy atom. The van der Waals surface area contributed by atoms with Gasteiger partial charge in [-0.25, -0.2) is 0 Å². The summed E-state index contributed by atoms with van der Waals surface area (Å²) in [6, 6.07) is 3.03. The molecule has 1 fully saturated rings. The Labute approximate surface area is 134 Å². The molecule has 0 aliphatic heterocycles. The summed E-state index contributed by atoms with van der Waals surface area (Å²) in [6.45, 7) is 5.96. The molecule has 21 heavy (non-hydrogen) atoms. The summed E-state index contributed by atoms with van der Waals surface area (Å²) in [5.41, 5.74) is 1.65. The molecule has 2 heteroatoms. The van der Waals surface area contributed by atoms with Gasteiger partial charge in [-0.15, -0.1) is 11.3 Å². The van der Waals surface area contributed by atoms with Crippen molar-refractivity contribution in [2.24, 2.45) is 11.8 Å². The molecular formula is C19H31NS. The minimum absolute atomic E-state index is 0.545. The van der Waals surface area contributed by atoms with Gasteiger partial charge in [0.1, 0.15) is 0 Å². The highest BCUT2D eigenvalue weighted by atomic mass is 32.1. The molecule has 1 aromatic rings. The summed E-state index contributed by atoms with van der Waals surface area (Å²) in [6.07, 6.45) is 12.7. The zero-order valence-electron chi connectivity index (χ0n) is 13.8. The Hall–Kier alpha value is -0.340. The molecule has 1 nitrogen and oxygen atoms in total. The number of nitrogens with one attached hydrogen (secondary N) is 1. The van der Waals surface area contributed by atoms with Gasteiger partial charge in [0, 0.05) is 15.8 Å². The van der Waals surface area contributed by atoms with Gasteiger partial charge in [-0.05, 0) is 69.0 Å². The van der Waals surface area contributed by atoms with Crippen LogP contribution in [0.5, 0.6) is 0 Å². The fourth-order valence-electron chi connectivity index (χ4n) is 3.95. The minimum atomic E-state index is 0.545. The zero-order valence-corrected chi connectivity index (χ0v) is 14.6. The highest BCUT2D eigenvalue weighted by molar-refractivity contribution is 7.12. The number of rotatable bonds is 5.